The molecule has 0 aliphatic heterocycles. The quantitative estimate of drug-likeness (QED) is 0.801. The zero-order valence-corrected chi connectivity index (χ0v) is 12.6. The first-order valence-electron chi connectivity index (χ1n) is 6.84. The van der Waals surface area contributed by atoms with Crippen LogP contribution in [-0.2, 0) is 17.8 Å². The van der Waals surface area contributed by atoms with Gasteiger partial charge in [0, 0.05) is 30.9 Å². The summed E-state index contributed by atoms with van der Waals surface area (Å²) in [6.07, 6.45) is 0.459. The molecule has 0 amide bonds. The van der Waals surface area contributed by atoms with E-state index in [0.717, 1.165) is 24.3 Å². The molecule has 1 heterocycles. The zero-order valence-electron chi connectivity index (χ0n) is 12.6. The standard InChI is InChI=1S/C14H23N3O3/c1-5-16(4)8-9-17-11(3)12(6-7-13(18)19)10(2)15-14(17)20/h5-9H2,1-4H3,(H,18,19). The molecule has 112 valence electrons. The Hall–Kier alpha value is -1.69. The van der Waals surface area contributed by atoms with Crippen LogP contribution in [-0.4, -0.2) is 45.7 Å². The van der Waals surface area contributed by atoms with Gasteiger partial charge in [0.2, 0.25) is 0 Å². The van der Waals surface area contributed by atoms with E-state index >= 15 is 0 Å². The summed E-state index contributed by atoms with van der Waals surface area (Å²) in [7, 11) is 1.99. The van der Waals surface area contributed by atoms with E-state index in [0.29, 0.717) is 18.7 Å². The maximum atomic E-state index is 12.0. The first kappa shape index (κ1) is 16.4. The Morgan fingerprint density at radius 3 is 2.60 bits per heavy atom. The predicted octanol–water partition coefficient (Wildman–Crippen LogP) is 0.829. The minimum Gasteiger partial charge on any atom is -0.481 e. The first-order valence-corrected chi connectivity index (χ1v) is 6.84. The van der Waals surface area contributed by atoms with Gasteiger partial charge in [-0.1, -0.05) is 6.92 Å². The molecule has 0 atom stereocenters. The van der Waals surface area contributed by atoms with Gasteiger partial charge in [0.15, 0.2) is 0 Å². The number of rotatable bonds is 7. The molecule has 0 saturated heterocycles. The van der Waals surface area contributed by atoms with Crippen LogP contribution < -0.4 is 5.69 Å². The third kappa shape index (κ3) is 4.16. The second kappa shape index (κ2) is 7.19. The molecule has 0 aromatic carbocycles. The van der Waals surface area contributed by atoms with Crippen LogP contribution in [0.1, 0.15) is 30.3 Å². The fourth-order valence-corrected chi connectivity index (χ4v) is 2.13. The third-order valence-corrected chi connectivity index (χ3v) is 3.61. The van der Waals surface area contributed by atoms with E-state index in [1.54, 1.807) is 11.5 Å². The van der Waals surface area contributed by atoms with Crippen molar-refractivity contribution in [3.8, 4) is 0 Å². The largest absolute Gasteiger partial charge is 0.481 e. The minimum atomic E-state index is -0.840. The van der Waals surface area contributed by atoms with E-state index in [2.05, 4.69) is 16.8 Å². The number of hydrogen-bond acceptors (Lipinski definition) is 4. The van der Waals surface area contributed by atoms with E-state index in [1.165, 1.54) is 0 Å². The zero-order chi connectivity index (χ0) is 15.3. The van der Waals surface area contributed by atoms with Gasteiger partial charge in [-0.3, -0.25) is 9.36 Å². The molecule has 6 nitrogen and oxygen atoms in total. The SMILES string of the molecule is CCN(C)CCn1c(C)c(CCC(=O)O)c(C)nc1=O. The van der Waals surface area contributed by atoms with Gasteiger partial charge < -0.3 is 10.0 Å². The van der Waals surface area contributed by atoms with Crippen molar-refractivity contribution in [1.29, 1.82) is 0 Å². The lowest BCUT2D eigenvalue weighted by Gasteiger charge is -2.18. The minimum absolute atomic E-state index is 0.0520. The van der Waals surface area contributed by atoms with Crippen LogP contribution in [0.2, 0.25) is 0 Å². The molecule has 0 aliphatic rings. The molecule has 1 rings (SSSR count). The molecule has 1 aromatic heterocycles. The van der Waals surface area contributed by atoms with Crippen LogP contribution in [0.15, 0.2) is 4.79 Å². The highest BCUT2D eigenvalue weighted by molar-refractivity contribution is 5.67. The molecule has 0 fully saturated rings. The van der Waals surface area contributed by atoms with Crippen LogP contribution in [0, 0.1) is 13.8 Å². The van der Waals surface area contributed by atoms with Crippen molar-refractivity contribution in [2.45, 2.75) is 40.2 Å². The smallest absolute Gasteiger partial charge is 0.348 e. The Kier molecular flexibility index (Phi) is 5.88. The number of aliphatic carboxylic acids is 1. The van der Waals surface area contributed by atoms with Crippen molar-refractivity contribution in [3.63, 3.8) is 0 Å². The average molecular weight is 281 g/mol. The summed E-state index contributed by atoms with van der Waals surface area (Å²) in [6, 6.07) is 0. The number of nitrogens with zero attached hydrogens (tertiary/aromatic N) is 3. The van der Waals surface area contributed by atoms with Crippen LogP contribution >= 0.6 is 0 Å². The van der Waals surface area contributed by atoms with Gasteiger partial charge in [0.05, 0.1) is 0 Å². The molecular weight excluding hydrogens is 258 g/mol. The average Bonchev–Trinajstić information content (AvgIpc) is 2.37. The number of aryl methyl sites for hydroxylation is 1. The molecule has 0 spiro atoms. The second-order valence-corrected chi connectivity index (χ2v) is 4.99. The number of carbonyl (C=O) groups is 1. The Morgan fingerprint density at radius 1 is 1.40 bits per heavy atom. The van der Waals surface area contributed by atoms with Crippen molar-refractivity contribution in [1.82, 2.24) is 14.5 Å². The van der Waals surface area contributed by atoms with E-state index in [4.69, 9.17) is 5.11 Å². The van der Waals surface area contributed by atoms with Crippen molar-refractivity contribution in [3.05, 3.63) is 27.4 Å². The summed E-state index contributed by atoms with van der Waals surface area (Å²) in [5, 5.41) is 8.79. The highest BCUT2D eigenvalue weighted by Gasteiger charge is 2.12. The summed E-state index contributed by atoms with van der Waals surface area (Å²) in [6.45, 7) is 7.93. The van der Waals surface area contributed by atoms with Gasteiger partial charge in [-0.05, 0) is 39.4 Å². The second-order valence-electron chi connectivity index (χ2n) is 4.99. The Balaban J connectivity index is 3.02. The fourth-order valence-electron chi connectivity index (χ4n) is 2.13. The topological polar surface area (TPSA) is 75.4 Å². The monoisotopic (exact) mass is 281 g/mol. The van der Waals surface area contributed by atoms with Crippen LogP contribution in [0.5, 0.6) is 0 Å². The van der Waals surface area contributed by atoms with Crippen LogP contribution in [0.4, 0.5) is 0 Å². The van der Waals surface area contributed by atoms with Crippen molar-refractivity contribution in [2.75, 3.05) is 20.1 Å². The molecule has 6 heteroatoms. The lowest BCUT2D eigenvalue weighted by molar-refractivity contribution is -0.136. The lowest BCUT2D eigenvalue weighted by atomic mass is 10.1. The van der Waals surface area contributed by atoms with Gasteiger partial charge in [0.25, 0.3) is 0 Å². The van der Waals surface area contributed by atoms with Gasteiger partial charge in [0.1, 0.15) is 0 Å². The normalized spacial score (nSPS) is 11.1. The Bertz CT molecular complexity index is 537. The highest BCUT2D eigenvalue weighted by atomic mass is 16.4. The van der Waals surface area contributed by atoms with Crippen molar-refractivity contribution in [2.24, 2.45) is 0 Å². The number of carboxylic acid groups (broad SMARTS) is 1. The Labute approximate surface area is 119 Å². The Morgan fingerprint density at radius 2 is 2.05 bits per heavy atom. The van der Waals surface area contributed by atoms with Gasteiger partial charge >= 0.3 is 11.7 Å². The fraction of sp³-hybridized carbons (Fsp3) is 0.643. The van der Waals surface area contributed by atoms with Gasteiger partial charge in [-0.2, -0.15) is 4.98 Å². The van der Waals surface area contributed by atoms with Gasteiger partial charge in [-0.25, -0.2) is 4.79 Å². The maximum absolute atomic E-state index is 12.0. The lowest BCUT2D eigenvalue weighted by Crippen LogP contribution is -2.32. The first-order chi connectivity index (χ1) is 9.36. The molecule has 0 bridgehead atoms. The molecule has 0 unspecified atom stereocenters. The van der Waals surface area contributed by atoms with E-state index in [1.807, 2.05) is 14.0 Å². The third-order valence-electron chi connectivity index (χ3n) is 3.61. The van der Waals surface area contributed by atoms with Crippen LogP contribution in [0.25, 0.3) is 0 Å². The van der Waals surface area contributed by atoms with E-state index in [9.17, 15) is 9.59 Å². The highest BCUT2D eigenvalue weighted by Crippen LogP contribution is 2.12. The predicted molar refractivity (Wildman–Crippen MR) is 77.1 cm³/mol. The summed E-state index contributed by atoms with van der Waals surface area (Å²) < 4.78 is 1.64. The molecule has 0 aliphatic carbocycles. The summed E-state index contributed by atoms with van der Waals surface area (Å²) in [5.41, 5.74) is 2.07. The molecule has 1 aromatic rings. The molecule has 1 N–H and O–H groups in total. The maximum Gasteiger partial charge on any atom is 0.348 e. The van der Waals surface area contributed by atoms with Crippen molar-refractivity contribution < 1.29 is 9.90 Å². The summed E-state index contributed by atoms with van der Waals surface area (Å²) in [4.78, 5) is 28.8. The number of hydrogen-bond donors (Lipinski definition) is 1. The molecular formula is C14H23N3O3. The van der Waals surface area contributed by atoms with Gasteiger partial charge in [-0.15, -0.1) is 0 Å². The summed E-state index contributed by atoms with van der Waals surface area (Å²) in [5.74, 6) is -0.840. The molecule has 0 saturated carbocycles. The molecule has 20 heavy (non-hydrogen) atoms. The van der Waals surface area contributed by atoms with E-state index < -0.39 is 5.97 Å². The molecule has 0 radical (unpaired) electrons. The summed E-state index contributed by atoms with van der Waals surface area (Å²) >= 11 is 0. The van der Waals surface area contributed by atoms with Crippen molar-refractivity contribution >= 4 is 5.97 Å². The number of likely N-dealkylation sites (N-methyl/N-ethyl adjacent to an activating group) is 1. The number of aromatic nitrogens is 2. The van der Waals surface area contributed by atoms with E-state index in [-0.39, 0.29) is 12.1 Å². The van der Waals surface area contributed by atoms with Crippen LogP contribution in [0.3, 0.4) is 0 Å². The number of carboxylic acids is 1.